The highest BCUT2D eigenvalue weighted by Crippen LogP contribution is 2.25. The van der Waals surface area contributed by atoms with Crippen molar-refractivity contribution in [2.45, 2.75) is 32.1 Å². The second kappa shape index (κ2) is 9.17. The van der Waals surface area contributed by atoms with Gasteiger partial charge in [-0.2, -0.15) is 0 Å². The molecule has 0 bridgehead atoms. The van der Waals surface area contributed by atoms with Gasteiger partial charge in [-0.25, -0.2) is 0 Å². The summed E-state index contributed by atoms with van der Waals surface area (Å²) in [5.41, 5.74) is 1.44. The van der Waals surface area contributed by atoms with E-state index >= 15 is 0 Å². The van der Waals surface area contributed by atoms with Gasteiger partial charge in [-0.1, -0.05) is 37.5 Å². The van der Waals surface area contributed by atoms with E-state index in [1.54, 1.807) is 37.5 Å². The first-order valence-electron chi connectivity index (χ1n) is 9.34. The highest BCUT2D eigenvalue weighted by Gasteiger charge is 2.22. The Labute approximate surface area is 159 Å². The van der Waals surface area contributed by atoms with Crippen molar-refractivity contribution in [2.75, 3.05) is 7.11 Å². The lowest BCUT2D eigenvalue weighted by Gasteiger charge is -2.19. The lowest BCUT2D eigenvalue weighted by atomic mass is 9.89. The molecule has 0 spiro atoms. The minimum atomic E-state index is -0.160. The van der Waals surface area contributed by atoms with Crippen LogP contribution in [0.4, 0.5) is 0 Å². The van der Waals surface area contributed by atoms with Crippen molar-refractivity contribution in [2.24, 2.45) is 5.92 Å². The number of benzene rings is 2. The third kappa shape index (κ3) is 5.30. The van der Waals surface area contributed by atoms with Gasteiger partial charge in [0, 0.05) is 5.56 Å². The minimum Gasteiger partial charge on any atom is -0.497 e. The Bertz CT molecular complexity index is 815. The van der Waals surface area contributed by atoms with Crippen LogP contribution >= 0.6 is 0 Å². The number of methoxy groups -OCH3 is 1. The van der Waals surface area contributed by atoms with E-state index in [1.165, 1.54) is 12.5 Å². The van der Waals surface area contributed by atoms with Crippen LogP contribution in [0.5, 0.6) is 11.5 Å². The molecular weight excluding hydrogens is 340 g/mol. The van der Waals surface area contributed by atoms with Crippen LogP contribution in [0, 0.1) is 5.92 Å². The summed E-state index contributed by atoms with van der Waals surface area (Å²) in [6.45, 7) is 0. The number of hydrogen-bond acceptors (Lipinski definition) is 4. The number of carbonyl (C=O) groups is 2. The first-order valence-corrected chi connectivity index (χ1v) is 9.34. The van der Waals surface area contributed by atoms with Gasteiger partial charge in [0.15, 0.2) is 5.78 Å². The summed E-state index contributed by atoms with van der Waals surface area (Å²) < 4.78 is 10.6. The third-order valence-corrected chi connectivity index (χ3v) is 4.82. The normalized spacial score (nSPS) is 14.9. The van der Waals surface area contributed by atoms with Crippen LogP contribution in [0.2, 0.25) is 0 Å². The van der Waals surface area contributed by atoms with Crippen LogP contribution in [0.3, 0.4) is 0 Å². The van der Waals surface area contributed by atoms with Crippen LogP contribution < -0.4 is 9.47 Å². The molecule has 0 radical (unpaired) electrons. The van der Waals surface area contributed by atoms with Gasteiger partial charge < -0.3 is 9.47 Å². The molecule has 0 heterocycles. The third-order valence-electron chi connectivity index (χ3n) is 4.82. The Kier molecular flexibility index (Phi) is 6.42. The maximum Gasteiger partial charge on any atom is 0.314 e. The van der Waals surface area contributed by atoms with E-state index in [9.17, 15) is 9.59 Å². The van der Waals surface area contributed by atoms with Crippen molar-refractivity contribution >= 4 is 17.8 Å². The fourth-order valence-electron chi connectivity index (χ4n) is 3.24. The summed E-state index contributed by atoms with van der Waals surface area (Å²) >= 11 is 0. The molecule has 0 amide bonds. The summed E-state index contributed by atoms with van der Waals surface area (Å²) in [5, 5.41) is 0. The molecular formula is C23H24O4. The first kappa shape index (κ1) is 18.9. The quantitative estimate of drug-likeness (QED) is 0.310. The minimum absolute atomic E-state index is 0.00542. The van der Waals surface area contributed by atoms with Crippen LogP contribution in [0.15, 0.2) is 54.6 Å². The molecule has 0 N–H and O–H groups in total. The van der Waals surface area contributed by atoms with Gasteiger partial charge in [0.05, 0.1) is 13.0 Å². The molecule has 1 aliphatic rings. The molecule has 4 heteroatoms. The highest BCUT2D eigenvalue weighted by molar-refractivity contribution is 6.06. The second-order valence-electron chi connectivity index (χ2n) is 6.75. The average molecular weight is 364 g/mol. The van der Waals surface area contributed by atoms with Crippen LogP contribution in [0.25, 0.3) is 6.08 Å². The summed E-state index contributed by atoms with van der Waals surface area (Å²) in [6.07, 6.45) is 8.47. The maximum atomic E-state index is 12.3. The molecule has 2 aromatic carbocycles. The van der Waals surface area contributed by atoms with Gasteiger partial charge >= 0.3 is 5.97 Å². The summed E-state index contributed by atoms with van der Waals surface area (Å²) in [7, 11) is 1.61. The zero-order chi connectivity index (χ0) is 19.1. The number of ketones is 1. The molecule has 0 atom stereocenters. The summed E-state index contributed by atoms with van der Waals surface area (Å²) in [6, 6.07) is 14.2. The lowest BCUT2D eigenvalue weighted by molar-refractivity contribution is -0.139. The number of hydrogen-bond donors (Lipinski definition) is 0. The van der Waals surface area contributed by atoms with Crippen molar-refractivity contribution in [3.63, 3.8) is 0 Å². The van der Waals surface area contributed by atoms with E-state index < -0.39 is 0 Å². The van der Waals surface area contributed by atoms with Crippen LogP contribution in [0.1, 0.15) is 48.0 Å². The fraction of sp³-hybridized carbons (Fsp3) is 0.304. The molecule has 4 nitrogen and oxygen atoms in total. The zero-order valence-electron chi connectivity index (χ0n) is 15.5. The molecule has 1 aliphatic carbocycles. The molecule has 1 fully saturated rings. The van der Waals surface area contributed by atoms with Crippen molar-refractivity contribution in [1.82, 2.24) is 0 Å². The van der Waals surface area contributed by atoms with Gasteiger partial charge in [0.25, 0.3) is 0 Å². The topological polar surface area (TPSA) is 52.6 Å². The summed E-state index contributed by atoms with van der Waals surface area (Å²) in [5.74, 6) is 0.966. The molecule has 3 rings (SSSR count). The summed E-state index contributed by atoms with van der Waals surface area (Å²) in [4.78, 5) is 24.5. The van der Waals surface area contributed by atoms with E-state index in [4.69, 9.17) is 9.47 Å². The highest BCUT2D eigenvalue weighted by atomic mass is 16.5. The Balaban J connectivity index is 1.59. The van der Waals surface area contributed by atoms with Gasteiger partial charge in [0.2, 0.25) is 0 Å². The van der Waals surface area contributed by atoms with Gasteiger partial charge in [-0.15, -0.1) is 0 Å². The molecule has 0 aromatic heterocycles. The van der Waals surface area contributed by atoms with E-state index in [0.717, 1.165) is 37.0 Å². The Morgan fingerprint density at radius 1 is 0.963 bits per heavy atom. The van der Waals surface area contributed by atoms with Crippen molar-refractivity contribution in [1.29, 1.82) is 0 Å². The van der Waals surface area contributed by atoms with E-state index in [1.807, 2.05) is 24.3 Å². The molecule has 0 aliphatic heterocycles. The predicted octanol–water partition coefficient (Wildman–Crippen LogP) is 5.08. The van der Waals surface area contributed by atoms with Crippen LogP contribution in [-0.4, -0.2) is 18.9 Å². The van der Waals surface area contributed by atoms with Crippen molar-refractivity contribution in [3.8, 4) is 11.5 Å². The van der Waals surface area contributed by atoms with E-state index in [0.29, 0.717) is 11.3 Å². The van der Waals surface area contributed by atoms with E-state index in [2.05, 4.69) is 0 Å². The smallest absolute Gasteiger partial charge is 0.314 e. The Morgan fingerprint density at radius 2 is 1.70 bits per heavy atom. The number of ether oxygens (including phenoxy) is 2. The van der Waals surface area contributed by atoms with Gasteiger partial charge in [-0.05, 0) is 60.9 Å². The standard InChI is InChI=1S/C23H24O4/c1-26-21-9-5-6-17(16-21)10-15-22(24)18-11-13-20(14-12-18)27-23(25)19-7-3-2-4-8-19/h5-6,9-16,19H,2-4,7-8H2,1H3. The molecule has 0 saturated heterocycles. The first-order chi connectivity index (χ1) is 13.2. The molecule has 2 aromatic rings. The molecule has 1 saturated carbocycles. The fourth-order valence-corrected chi connectivity index (χ4v) is 3.24. The average Bonchev–Trinajstić information content (AvgIpc) is 2.73. The largest absolute Gasteiger partial charge is 0.497 e. The predicted molar refractivity (Wildman–Crippen MR) is 105 cm³/mol. The lowest BCUT2D eigenvalue weighted by Crippen LogP contribution is -2.22. The zero-order valence-corrected chi connectivity index (χ0v) is 15.5. The number of esters is 1. The van der Waals surface area contributed by atoms with Crippen LogP contribution in [-0.2, 0) is 4.79 Å². The second-order valence-corrected chi connectivity index (χ2v) is 6.75. The Morgan fingerprint density at radius 3 is 2.41 bits per heavy atom. The molecule has 27 heavy (non-hydrogen) atoms. The monoisotopic (exact) mass is 364 g/mol. The van der Waals surface area contributed by atoms with Crippen molar-refractivity contribution in [3.05, 3.63) is 65.7 Å². The van der Waals surface area contributed by atoms with Crippen molar-refractivity contribution < 1.29 is 19.1 Å². The SMILES string of the molecule is COc1cccc(C=CC(=O)c2ccc(OC(=O)C3CCCCC3)cc2)c1. The maximum absolute atomic E-state index is 12.3. The Hall–Kier alpha value is -2.88. The van der Waals surface area contributed by atoms with E-state index in [-0.39, 0.29) is 17.7 Å². The number of allylic oxidation sites excluding steroid dienone is 1. The van der Waals surface area contributed by atoms with Gasteiger partial charge in [-0.3, -0.25) is 9.59 Å². The molecule has 0 unspecified atom stereocenters. The molecule has 140 valence electrons. The van der Waals surface area contributed by atoms with Gasteiger partial charge in [0.1, 0.15) is 11.5 Å². The number of rotatable bonds is 6. The number of carbonyl (C=O) groups excluding carboxylic acids is 2.